The lowest BCUT2D eigenvalue weighted by Gasteiger charge is -2.31. The van der Waals surface area contributed by atoms with Crippen molar-refractivity contribution in [1.82, 2.24) is 10.6 Å². The predicted molar refractivity (Wildman–Crippen MR) is 96.6 cm³/mol. The Kier molecular flexibility index (Phi) is 8.38. The van der Waals surface area contributed by atoms with E-state index in [9.17, 15) is 4.79 Å². The van der Waals surface area contributed by atoms with Crippen LogP contribution in [0.4, 0.5) is 4.79 Å². The van der Waals surface area contributed by atoms with E-state index in [1.54, 1.807) is 0 Å². The van der Waals surface area contributed by atoms with E-state index in [2.05, 4.69) is 31.4 Å². The van der Waals surface area contributed by atoms with E-state index in [1.807, 2.05) is 20.8 Å². The largest absolute Gasteiger partial charge is 0.444 e. The summed E-state index contributed by atoms with van der Waals surface area (Å²) in [5, 5.41) is 6.64. The van der Waals surface area contributed by atoms with Gasteiger partial charge in [0.1, 0.15) is 5.60 Å². The molecule has 0 aliphatic heterocycles. The van der Waals surface area contributed by atoms with Crippen molar-refractivity contribution in [3.8, 4) is 0 Å². The summed E-state index contributed by atoms with van der Waals surface area (Å²) in [7, 11) is 0. The molecule has 23 heavy (non-hydrogen) atoms. The number of carbonyl (C=O) groups is 1. The molecular formula is C19H38N2O2. The monoisotopic (exact) mass is 326 g/mol. The molecule has 1 fully saturated rings. The van der Waals surface area contributed by atoms with E-state index in [4.69, 9.17) is 4.74 Å². The Morgan fingerprint density at radius 3 is 2.22 bits per heavy atom. The molecule has 4 heteroatoms. The van der Waals surface area contributed by atoms with E-state index in [0.29, 0.717) is 24.4 Å². The van der Waals surface area contributed by atoms with Gasteiger partial charge in [0, 0.05) is 19.1 Å². The first-order chi connectivity index (χ1) is 10.7. The van der Waals surface area contributed by atoms with Gasteiger partial charge in [-0.1, -0.05) is 33.1 Å². The number of rotatable bonds is 7. The van der Waals surface area contributed by atoms with Gasteiger partial charge in [0.2, 0.25) is 0 Å². The zero-order chi connectivity index (χ0) is 17.5. The van der Waals surface area contributed by atoms with E-state index < -0.39 is 5.60 Å². The van der Waals surface area contributed by atoms with Crippen molar-refractivity contribution >= 4 is 6.09 Å². The molecule has 1 aliphatic rings. The summed E-state index contributed by atoms with van der Waals surface area (Å²) in [6, 6.07) is 0.568. The van der Waals surface area contributed by atoms with Gasteiger partial charge in [-0.3, -0.25) is 0 Å². The summed E-state index contributed by atoms with van der Waals surface area (Å²) in [4.78, 5) is 11.8. The van der Waals surface area contributed by atoms with Crippen LogP contribution in [0.15, 0.2) is 0 Å². The Morgan fingerprint density at radius 1 is 1.09 bits per heavy atom. The second-order valence-corrected chi connectivity index (χ2v) is 8.48. The number of hydrogen-bond donors (Lipinski definition) is 2. The smallest absolute Gasteiger partial charge is 0.407 e. The summed E-state index contributed by atoms with van der Waals surface area (Å²) in [6.07, 6.45) is 6.56. The molecule has 136 valence electrons. The normalized spacial score (nSPS) is 19.4. The minimum absolute atomic E-state index is 0.316. The van der Waals surface area contributed by atoms with Crippen molar-refractivity contribution in [2.24, 2.45) is 17.8 Å². The third-order valence-electron chi connectivity index (χ3n) is 4.91. The highest BCUT2D eigenvalue weighted by atomic mass is 16.6. The summed E-state index contributed by atoms with van der Waals surface area (Å²) in [6.45, 7) is 14.0. The Bertz CT molecular complexity index is 344. The fourth-order valence-electron chi connectivity index (χ4n) is 3.21. The molecule has 2 N–H and O–H groups in total. The maximum Gasteiger partial charge on any atom is 0.407 e. The van der Waals surface area contributed by atoms with Crippen LogP contribution >= 0.6 is 0 Å². The first kappa shape index (κ1) is 20.3. The summed E-state index contributed by atoms with van der Waals surface area (Å²) in [5.74, 6) is 1.76. The molecule has 0 aromatic carbocycles. The summed E-state index contributed by atoms with van der Waals surface area (Å²) < 4.78 is 5.32. The molecule has 1 aliphatic carbocycles. The summed E-state index contributed by atoms with van der Waals surface area (Å²) in [5.41, 5.74) is -0.439. The Hall–Kier alpha value is -0.770. The van der Waals surface area contributed by atoms with Gasteiger partial charge in [-0.05, 0) is 58.3 Å². The minimum Gasteiger partial charge on any atom is -0.444 e. The maximum absolute atomic E-state index is 11.8. The predicted octanol–water partition coefficient (Wildman–Crippen LogP) is 4.34. The van der Waals surface area contributed by atoms with Crippen LogP contribution in [0.25, 0.3) is 0 Å². The number of hydrogen-bond acceptors (Lipinski definition) is 3. The average molecular weight is 327 g/mol. The van der Waals surface area contributed by atoms with Crippen molar-refractivity contribution in [3.63, 3.8) is 0 Å². The van der Waals surface area contributed by atoms with Gasteiger partial charge < -0.3 is 15.4 Å². The zero-order valence-electron chi connectivity index (χ0n) is 16.1. The van der Waals surface area contributed by atoms with E-state index in [-0.39, 0.29) is 6.09 Å². The average Bonchev–Trinajstić information content (AvgIpc) is 2.45. The van der Waals surface area contributed by atoms with E-state index in [1.165, 1.54) is 32.1 Å². The highest BCUT2D eigenvalue weighted by Gasteiger charge is 2.22. The number of amides is 1. The lowest BCUT2D eigenvalue weighted by Crippen LogP contribution is -2.43. The van der Waals surface area contributed by atoms with Gasteiger partial charge in [-0.15, -0.1) is 0 Å². The van der Waals surface area contributed by atoms with Crippen molar-refractivity contribution < 1.29 is 9.53 Å². The van der Waals surface area contributed by atoms with Crippen LogP contribution < -0.4 is 10.6 Å². The fraction of sp³-hybridized carbons (Fsp3) is 0.947. The van der Waals surface area contributed by atoms with Crippen LogP contribution in [0, 0.1) is 17.8 Å². The van der Waals surface area contributed by atoms with Gasteiger partial charge in [-0.2, -0.15) is 0 Å². The molecule has 2 unspecified atom stereocenters. The van der Waals surface area contributed by atoms with Crippen LogP contribution in [-0.2, 0) is 4.74 Å². The quantitative estimate of drug-likeness (QED) is 0.731. The first-order valence-corrected chi connectivity index (χ1v) is 9.39. The summed E-state index contributed by atoms with van der Waals surface area (Å²) >= 11 is 0. The SMILES string of the molecule is CC(C)C(CNC(=O)OC(C)(C)C)CNC(C)C1CCCCC1. The van der Waals surface area contributed by atoms with E-state index >= 15 is 0 Å². The molecule has 0 bridgehead atoms. The lowest BCUT2D eigenvalue weighted by molar-refractivity contribution is 0.0514. The standard InChI is InChI=1S/C19H38N2O2/c1-14(2)17(13-21-18(22)23-19(4,5)6)12-20-15(3)16-10-8-7-9-11-16/h14-17,20H,7-13H2,1-6H3,(H,21,22). The Balaban J connectivity index is 2.35. The molecule has 4 nitrogen and oxygen atoms in total. The maximum atomic E-state index is 11.8. The molecule has 2 atom stereocenters. The fourth-order valence-corrected chi connectivity index (χ4v) is 3.21. The third-order valence-corrected chi connectivity index (χ3v) is 4.91. The molecule has 0 heterocycles. The van der Waals surface area contributed by atoms with Crippen LogP contribution in [0.2, 0.25) is 0 Å². The topological polar surface area (TPSA) is 50.4 Å². The van der Waals surface area contributed by atoms with Crippen LogP contribution in [0.3, 0.4) is 0 Å². The molecular weight excluding hydrogens is 288 g/mol. The van der Waals surface area contributed by atoms with Gasteiger partial charge in [-0.25, -0.2) is 4.79 Å². The van der Waals surface area contributed by atoms with Crippen LogP contribution in [-0.4, -0.2) is 30.8 Å². The zero-order valence-corrected chi connectivity index (χ0v) is 16.1. The molecule has 1 amide bonds. The molecule has 1 rings (SSSR count). The number of alkyl carbamates (subject to hydrolysis) is 1. The van der Waals surface area contributed by atoms with Crippen molar-refractivity contribution in [3.05, 3.63) is 0 Å². The molecule has 0 spiro atoms. The van der Waals surface area contributed by atoms with Gasteiger partial charge >= 0.3 is 6.09 Å². The van der Waals surface area contributed by atoms with Crippen molar-refractivity contribution in [2.75, 3.05) is 13.1 Å². The third kappa shape index (κ3) is 8.59. The van der Waals surface area contributed by atoms with Crippen molar-refractivity contribution in [1.29, 1.82) is 0 Å². The van der Waals surface area contributed by atoms with Gasteiger partial charge in [0.25, 0.3) is 0 Å². The molecule has 0 aromatic heterocycles. The molecule has 0 saturated heterocycles. The first-order valence-electron chi connectivity index (χ1n) is 9.39. The number of nitrogens with one attached hydrogen (secondary N) is 2. The van der Waals surface area contributed by atoms with E-state index in [0.717, 1.165) is 12.5 Å². The highest BCUT2D eigenvalue weighted by molar-refractivity contribution is 5.67. The minimum atomic E-state index is -0.439. The second-order valence-electron chi connectivity index (χ2n) is 8.48. The van der Waals surface area contributed by atoms with Crippen molar-refractivity contribution in [2.45, 2.75) is 85.3 Å². The second kappa shape index (κ2) is 9.51. The molecule has 0 aromatic rings. The Labute approximate surface area is 143 Å². The van der Waals surface area contributed by atoms with Crippen LogP contribution in [0.5, 0.6) is 0 Å². The molecule has 1 saturated carbocycles. The van der Waals surface area contributed by atoms with Gasteiger partial charge in [0.15, 0.2) is 0 Å². The lowest BCUT2D eigenvalue weighted by atomic mass is 9.84. The molecule has 0 radical (unpaired) electrons. The van der Waals surface area contributed by atoms with Gasteiger partial charge in [0.05, 0.1) is 0 Å². The number of carbonyl (C=O) groups excluding carboxylic acids is 1. The Morgan fingerprint density at radius 2 is 1.70 bits per heavy atom. The highest BCUT2D eigenvalue weighted by Crippen LogP contribution is 2.26. The van der Waals surface area contributed by atoms with Crippen LogP contribution in [0.1, 0.15) is 73.6 Å². The number of ether oxygens (including phenoxy) is 1.